The van der Waals surface area contributed by atoms with Gasteiger partial charge in [-0.1, -0.05) is 11.6 Å². The molecule has 1 saturated carbocycles. The van der Waals surface area contributed by atoms with Crippen LogP contribution >= 0.6 is 11.6 Å². The molecule has 3 amide bonds. The highest BCUT2D eigenvalue weighted by Crippen LogP contribution is 2.32. The number of carbonyl (C=O) groups excluding carboxylic acids is 3. The lowest BCUT2D eigenvalue weighted by atomic mass is 10.1. The van der Waals surface area contributed by atoms with E-state index in [9.17, 15) is 22.8 Å². The Morgan fingerprint density at radius 1 is 1.06 bits per heavy atom. The standard InChI is InChI=1S/C21H27ClN4O5S/c22-16-12-15(7-8-17(16)23-20(28)14-5-6-14)32(30,31)24-18-4-3-11-26(21(18)29)13-19(27)25-9-1-2-10-25/h7-8,12,14,18,24H,1-6,9-11,13H2,(H,23,28)/t18-/m0/s1. The number of amides is 3. The van der Waals surface area contributed by atoms with Crippen molar-refractivity contribution in [2.75, 3.05) is 31.5 Å². The summed E-state index contributed by atoms with van der Waals surface area (Å²) in [5, 5.41) is 2.81. The van der Waals surface area contributed by atoms with Crippen molar-refractivity contribution < 1.29 is 22.8 Å². The lowest BCUT2D eigenvalue weighted by Crippen LogP contribution is -2.54. The molecule has 1 atom stereocenters. The minimum atomic E-state index is -4.02. The number of piperidine rings is 1. The van der Waals surface area contributed by atoms with Gasteiger partial charge >= 0.3 is 0 Å². The highest BCUT2D eigenvalue weighted by atomic mass is 35.5. The molecule has 3 fully saturated rings. The second-order valence-corrected chi connectivity index (χ2v) is 10.7. The lowest BCUT2D eigenvalue weighted by Gasteiger charge is -2.33. The number of nitrogens with zero attached hydrogens (tertiary/aromatic N) is 2. The number of halogens is 1. The van der Waals surface area contributed by atoms with E-state index in [1.165, 1.54) is 23.1 Å². The van der Waals surface area contributed by atoms with Crippen molar-refractivity contribution in [1.82, 2.24) is 14.5 Å². The molecule has 4 rings (SSSR count). The van der Waals surface area contributed by atoms with E-state index in [2.05, 4.69) is 10.0 Å². The molecule has 0 radical (unpaired) electrons. The van der Waals surface area contributed by atoms with Crippen molar-refractivity contribution >= 4 is 45.0 Å². The molecular formula is C21H27ClN4O5S. The first kappa shape index (κ1) is 23.0. The first-order chi connectivity index (χ1) is 15.2. The summed E-state index contributed by atoms with van der Waals surface area (Å²) in [5.74, 6) is -0.632. The third-order valence-corrected chi connectivity index (χ3v) is 7.85. The van der Waals surface area contributed by atoms with Gasteiger partial charge in [0.25, 0.3) is 0 Å². The number of hydrogen-bond acceptors (Lipinski definition) is 5. The molecule has 0 spiro atoms. The topological polar surface area (TPSA) is 116 Å². The maximum absolute atomic E-state index is 12.9. The minimum Gasteiger partial charge on any atom is -0.341 e. The Morgan fingerprint density at radius 2 is 1.78 bits per heavy atom. The zero-order valence-electron chi connectivity index (χ0n) is 17.7. The average Bonchev–Trinajstić information content (AvgIpc) is 3.46. The predicted octanol–water partition coefficient (Wildman–Crippen LogP) is 1.58. The van der Waals surface area contributed by atoms with Crippen LogP contribution in [0.3, 0.4) is 0 Å². The summed E-state index contributed by atoms with van der Waals surface area (Å²) in [6, 6.07) is 3.11. The molecule has 1 aromatic rings. The van der Waals surface area contributed by atoms with Crippen molar-refractivity contribution in [3.05, 3.63) is 23.2 Å². The highest BCUT2D eigenvalue weighted by Gasteiger charge is 2.34. The van der Waals surface area contributed by atoms with Crippen LogP contribution in [0.4, 0.5) is 5.69 Å². The number of hydrogen-bond donors (Lipinski definition) is 2. The number of likely N-dealkylation sites (tertiary alicyclic amines) is 2. The number of anilines is 1. The van der Waals surface area contributed by atoms with Gasteiger partial charge in [-0.15, -0.1) is 0 Å². The SMILES string of the molecule is O=C(Nc1ccc(S(=O)(=O)N[C@H]2CCCN(CC(=O)N3CCCC3)C2=O)cc1Cl)C1CC1. The van der Waals surface area contributed by atoms with Crippen molar-refractivity contribution in [1.29, 1.82) is 0 Å². The Kier molecular flexibility index (Phi) is 6.73. The van der Waals surface area contributed by atoms with Crippen molar-refractivity contribution in [2.24, 2.45) is 5.92 Å². The van der Waals surface area contributed by atoms with Crippen LogP contribution in [-0.4, -0.2) is 68.2 Å². The van der Waals surface area contributed by atoms with Crippen LogP contribution in [0.1, 0.15) is 38.5 Å². The van der Waals surface area contributed by atoms with Crippen LogP contribution in [-0.2, 0) is 24.4 Å². The largest absolute Gasteiger partial charge is 0.341 e. The van der Waals surface area contributed by atoms with Gasteiger partial charge in [-0.2, -0.15) is 4.72 Å². The Labute approximate surface area is 192 Å². The van der Waals surface area contributed by atoms with Gasteiger partial charge < -0.3 is 15.1 Å². The normalized spacial score (nSPS) is 21.7. The number of rotatable bonds is 7. The molecule has 1 aliphatic carbocycles. The number of sulfonamides is 1. The molecular weight excluding hydrogens is 456 g/mol. The molecule has 0 unspecified atom stereocenters. The summed E-state index contributed by atoms with van der Waals surface area (Å²) in [6.07, 6.45) is 4.57. The first-order valence-electron chi connectivity index (χ1n) is 10.9. The zero-order chi connectivity index (χ0) is 22.9. The van der Waals surface area contributed by atoms with E-state index in [1.54, 1.807) is 4.90 Å². The molecule has 0 bridgehead atoms. The second kappa shape index (κ2) is 9.36. The molecule has 2 N–H and O–H groups in total. The molecule has 11 heteroatoms. The third kappa shape index (κ3) is 5.24. The van der Waals surface area contributed by atoms with Crippen molar-refractivity contribution in [2.45, 2.75) is 49.5 Å². The van der Waals surface area contributed by atoms with Crippen LogP contribution < -0.4 is 10.0 Å². The van der Waals surface area contributed by atoms with Crippen LogP contribution in [0.2, 0.25) is 5.02 Å². The fourth-order valence-corrected chi connectivity index (χ4v) is 5.58. The number of carbonyl (C=O) groups is 3. The predicted molar refractivity (Wildman–Crippen MR) is 119 cm³/mol. The highest BCUT2D eigenvalue weighted by molar-refractivity contribution is 7.89. The average molecular weight is 483 g/mol. The minimum absolute atomic E-state index is 0.00578. The van der Waals surface area contributed by atoms with Gasteiger partial charge in [-0.05, 0) is 56.7 Å². The molecule has 0 aromatic heterocycles. The van der Waals surface area contributed by atoms with Gasteiger partial charge in [0.1, 0.15) is 6.04 Å². The van der Waals surface area contributed by atoms with Crippen molar-refractivity contribution in [3.8, 4) is 0 Å². The van der Waals surface area contributed by atoms with Crippen LogP contribution in [0.15, 0.2) is 23.1 Å². The van der Waals surface area contributed by atoms with Gasteiger partial charge in [0.2, 0.25) is 27.7 Å². The van der Waals surface area contributed by atoms with Gasteiger partial charge in [-0.25, -0.2) is 8.42 Å². The lowest BCUT2D eigenvalue weighted by molar-refractivity contribution is -0.142. The Balaban J connectivity index is 1.40. The molecule has 9 nitrogen and oxygen atoms in total. The van der Waals surface area contributed by atoms with Gasteiger partial charge in [0, 0.05) is 25.6 Å². The van der Waals surface area contributed by atoms with Crippen molar-refractivity contribution in [3.63, 3.8) is 0 Å². The maximum atomic E-state index is 12.9. The van der Waals surface area contributed by atoms with E-state index in [0.717, 1.165) is 25.7 Å². The molecule has 1 aromatic carbocycles. The molecule has 2 heterocycles. The summed E-state index contributed by atoms with van der Waals surface area (Å²) in [5.41, 5.74) is 0.350. The van der Waals surface area contributed by atoms with E-state index in [4.69, 9.17) is 11.6 Å². The first-order valence-corrected chi connectivity index (χ1v) is 12.8. The van der Waals surface area contributed by atoms with Crippen LogP contribution in [0.5, 0.6) is 0 Å². The van der Waals surface area contributed by atoms with Gasteiger partial charge in [-0.3, -0.25) is 14.4 Å². The summed E-state index contributed by atoms with van der Waals surface area (Å²) in [4.78, 5) is 40.3. The van der Waals surface area contributed by atoms with E-state index in [1.807, 2.05) is 0 Å². The summed E-state index contributed by atoms with van der Waals surface area (Å²) in [7, 11) is -4.02. The third-order valence-electron chi connectivity index (χ3n) is 6.07. The maximum Gasteiger partial charge on any atom is 0.242 e. The molecule has 32 heavy (non-hydrogen) atoms. The van der Waals surface area contributed by atoms with Crippen LogP contribution in [0.25, 0.3) is 0 Å². The monoisotopic (exact) mass is 482 g/mol. The molecule has 174 valence electrons. The van der Waals surface area contributed by atoms with Gasteiger partial charge in [0.15, 0.2) is 0 Å². The quantitative estimate of drug-likeness (QED) is 0.612. The summed E-state index contributed by atoms with van der Waals surface area (Å²) >= 11 is 6.19. The zero-order valence-corrected chi connectivity index (χ0v) is 19.3. The van der Waals surface area contributed by atoms with Gasteiger partial charge in [0.05, 0.1) is 22.2 Å². The number of nitrogens with one attached hydrogen (secondary N) is 2. The molecule has 3 aliphatic rings. The van der Waals surface area contributed by atoms with E-state index >= 15 is 0 Å². The Morgan fingerprint density at radius 3 is 2.44 bits per heavy atom. The number of benzene rings is 1. The summed E-state index contributed by atoms with van der Waals surface area (Å²) in [6.45, 7) is 1.81. The van der Waals surface area contributed by atoms with E-state index in [0.29, 0.717) is 38.2 Å². The fourth-order valence-electron chi connectivity index (χ4n) is 4.04. The second-order valence-electron chi connectivity index (χ2n) is 8.57. The van der Waals surface area contributed by atoms with Crippen LogP contribution in [0, 0.1) is 5.92 Å². The van der Waals surface area contributed by atoms with E-state index < -0.39 is 22.0 Å². The Bertz CT molecular complexity index is 1020. The smallest absolute Gasteiger partial charge is 0.242 e. The van der Waals surface area contributed by atoms with E-state index in [-0.39, 0.29) is 34.2 Å². The Hall–Kier alpha value is -2.17. The molecule has 2 saturated heterocycles. The summed E-state index contributed by atoms with van der Waals surface area (Å²) < 4.78 is 28.2. The molecule has 2 aliphatic heterocycles. The fraction of sp³-hybridized carbons (Fsp3) is 0.571.